The summed E-state index contributed by atoms with van der Waals surface area (Å²) < 4.78 is 10.7. The molecule has 3 rings (SSSR count). The zero-order valence-corrected chi connectivity index (χ0v) is 19.8. The van der Waals surface area contributed by atoms with E-state index in [1.165, 1.54) is 16.5 Å². The molecule has 7 nitrogen and oxygen atoms in total. The van der Waals surface area contributed by atoms with Crippen LogP contribution in [-0.2, 0) is 17.7 Å². The van der Waals surface area contributed by atoms with E-state index in [2.05, 4.69) is 56.9 Å². The average Bonchev–Trinajstić information content (AvgIpc) is 3.16. The number of methoxy groups -OCH3 is 1. The van der Waals surface area contributed by atoms with Gasteiger partial charge in [0, 0.05) is 49.1 Å². The van der Waals surface area contributed by atoms with Crippen molar-refractivity contribution in [3.63, 3.8) is 0 Å². The standard InChI is InChI=1S/C22H29N5O2.HI/c1-3-23-22(25-12-10-17-15-26-20-9-5-4-8-19(17)20)27-16-18-7-6-11-24-21(18)29-14-13-28-2;/h4-9,11,15,26H,3,10,12-14,16H2,1-2H3,(H2,23,25,27);1H. The molecule has 0 amide bonds. The maximum Gasteiger partial charge on any atom is 0.218 e. The number of para-hydroxylation sites is 1. The third-order valence-corrected chi connectivity index (χ3v) is 4.49. The SMILES string of the molecule is CCNC(=NCc1cccnc1OCCOC)NCCc1c[nH]c2ccccc12.I. The highest BCUT2D eigenvalue weighted by Gasteiger charge is 2.06. The lowest BCUT2D eigenvalue weighted by Gasteiger charge is -2.12. The Morgan fingerprint density at radius 2 is 1.97 bits per heavy atom. The van der Waals surface area contributed by atoms with Gasteiger partial charge in [-0.1, -0.05) is 24.3 Å². The summed E-state index contributed by atoms with van der Waals surface area (Å²) in [7, 11) is 1.65. The fourth-order valence-electron chi connectivity index (χ4n) is 3.06. The quantitative estimate of drug-likeness (QED) is 0.164. The van der Waals surface area contributed by atoms with Gasteiger partial charge in [-0.15, -0.1) is 24.0 Å². The van der Waals surface area contributed by atoms with Crippen LogP contribution in [0.15, 0.2) is 53.8 Å². The Balaban J connectivity index is 0.00000320. The van der Waals surface area contributed by atoms with E-state index in [1.807, 2.05) is 18.2 Å². The molecular weight excluding hydrogens is 493 g/mol. The van der Waals surface area contributed by atoms with E-state index >= 15 is 0 Å². The molecule has 2 aromatic heterocycles. The number of nitrogens with zero attached hydrogens (tertiary/aromatic N) is 2. The molecule has 0 fully saturated rings. The van der Waals surface area contributed by atoms with E-state index in [0.717, 1.165) is 31.0 Å². The zero-order chi connectivity index (χ0) is 20.3. The van der Waals surface area contributed by atoms with Crippen molar-refractivity contribution in [3.05, 3.63) is 59.9 Å². The number of hydrogen-bond acceptors (Lipinski definition) is 4. The first-order valence-corrected chi connectivity index (χ1v) is 9.94. The van der Waals surface area contributed by atoms with Gasteiger partial charge < -0.3 is 25.1 Å². The van der Waals surface area contributed by atoms with Crippen LogP contribution < -0.4 is 15.4 Å². The number of ether oxygens (including phenoxy) is 2. The summed E-state index contributed by atoms with van der Waals surface area (Å²) in [5.74, 6) is 1.38. The Morgan fingerprint density at radius 3 is 2.80 bits per heavy atom. The summed E-state index contributed by atoms with van der Waals surface area (Å²) >= 11 is 0. The summed E-state index contributed by atoms with van der Waals surface area (Å²) in [6.07, 6.45) is 4.71. The molecule has 0 aliphatic rings. The number of halogens is 1. The number of benzene rings is 1. The highest BCUT2D eigenvalue weighted by atomic mass is 127. The fourth-order valence-corrected chi connectivity index (χ4v) is 3.06. The smallest absolute Gasteiger partial charge is 0.218 e. The van der Waals surface area contributed by atoms with Crippen molar-refractivity contribution in [1.82, 2.24) is 20.6 Å². The number of fused-ring (bicyclic) bond motifs is 1. The van der Waals surface area contributed by atoms with E-state index in [1.54, 1.807) is 13.3 Å². The number of guanidine groups is 1. The second-order valence-corrected chi connectivity index (χ2v) is 6.54. The number of hydrogen-bond donors (Lipinski definition) is 3. The Labute approximate surface area is 194 Å². The van der Waals surface area contributed by atoms with Crippen LogP contribution in [0.3, 0.4) is 0 Å². The lowest BCUT2D eigenvalue weighted by Crippen LogP contribution is -2.38. The van der Waals surface area contributed by atoms with Gasteiger partial charge in [-0.25, -0.2) is 9.98 Å². The number of H-pyrrole nitrogens is 1. The predicted octanol–water partition coefficient (Wildman–Crippen LogP) is 3.50. The molecule has 1 aromatic carbocycles. The number of aromatic amines is 1. The molecule has 0 bridgehead atoms. The van der Waals surface area contributed by atoms with Gasteiger partial charge in [-0.3, -0.25) is 0 Å². The monoisotopic (exact) mass is 523 g/mol. The van der Waals surface area contributed by atoms with Crippen LogP contribution in [-0.4, -0.2) is 49.3 Å². The van der Waals surface area contributed by atoms with Crippen LogP contribution in [0.25, 0.3) is 10.9 Å². The first kappa shape index (κ1) is 23.9. The third-order valence-electron chi connectivity index (χ3n) is 4.49. The number of pyridine rings is 1. The minimum absolute atomic E-state index is 0. The lowest BCUT2D eigenvalue weighted by molar-refractivity contribution is 0.143. The Morgan fingerprint density at radius 1 is 1.10 bits per heavy atom. The topological polar surface area (TPSA) is 83.6 Å². The molecule has 8 heteroatoms. The van der Waals surface area contributed by atoms with Crippen LogP contribution in [0.4, 0.5) is 0 Å². The molecule has 162 valence electrons. The number of aliphatic imine (C=N–C) groups is 1. The Hall–Kier alpha value is -2.33. The fraction of sp³-hybridized carbons (Fsp3) is 0.364. The van der Waals surface area contributed by atoms with Gasteiger partial charge in [-0.2, -0.15) is 0 Å². The third kappa shape index (κ3) is 6.88. The summed E-state index contributed by atoms with van der Waals surface area (Å²) in [6, 6.07) is 12.2. The first-order chi connectivity index (χ1) is 14.3. The van der Waals surface area contributed by atoms with Crippen molar-refractivity contribution in [2.24, 2.45) is 4.99 Å². The van der Waals surface area contributed by atoms with Crippen molar-refractivity contribution < 1.29 is 9.47 Å². The maximum atomic E-state index is 5.69. The molecule has 0 aliphatic carbocycles. The molecule has 0 saturated heterocycles. The second kappa shape index (κ2) is 13.1. The number of aromatic nitrogens is 2. The van der Waals surface area contributed by atoms with Gasteiger partial charge in [0.05, 0.1) is 13.2 Å². The van der Waals surface area contributed by atoms with Crippen molar-refractivity contribution in [2.45, 2.75) is 19.9 Å². The highest BCUT2D eigenvalue weighted by molar-refractivity contribution is 14.0. The van der Waals surface area contributed by atoms with Gasteiger partial charge >= 0.3 is 0 Å². The van der Waals surface area contributed by atoms with Gasteiger partial charge in [-0.05, 0) is 31.0 Å². The second-order valence-electron chi connectivity index (χ2n) is 6.54. The molecule has 3 N–H and O–H groups in total. The summed E-state index contributed by atoms with van der Waals surface area (Å²) in [4.78, 5) is 12.3. The van der Waals surface area contributed by atoms with Crippen LogP contribution in [0, 0.1) is 0 Å². The summed E-state index contributed by atoms with van der Waals surface area (Å²) in [5, 5.41) is 7.97. The number of nitrogens with one attached hydrogen (secondary N) is 3. The van der Waals surface area contributed by atoms with Gasteiger partial charge in [0.15, 0.2) is 5.96 Å². The molecule has 0 spiro atoms. The van der Waals surface area contributed by atoms with E-state index in [0.29, 0.717) is 25.6 Å². The molecule has 0 radical (unpaired) electrons. The van der Waals surface area contributed by atoms with E-state index in [4.69, 9.17) is 9.47 Å². The van der Waals surface area contributed by atoms with Gasteiger partial charge in [0.1, 0.15) is 6.61 Å². The minimum atomic E-state index is 0. The van der Waals surface area contributed by atoms with Crippen molar-refractivity contribution in [3.8, 4) is 5.88 Å². The number of rotatable bonds is 10. The van der Waals surface area contributed by atoms with Crippen molar-refractivity contribution >= 4 is 40.8 Å². The van der Waals surface area contributed by atoms with E-state index in [-0.39, 0.29) is 24.0 Å². The molecule has 0 saturated carbocycles. The summed E-state index contributed by atoms with van der Waals surface area (Å²) in [5.41, 5.74) is 3.41. The van der Waals surface area contributed by atoms with Gasteiger partial charge in [0.2, 0.25) is 5.88 Å². The minimum Gasteiger partial charge on any atom is -0.475 e. The van der Waals surface area contributed by atoms with Crippen LogP contribution >= 0.6 is 24.0 Å². The molecule has 0 atom stereocenters. The van der Waals surface area contributed by atoms with Crippen LogP contribution in [0.5, 0.6) is 5.88 Å². The molecule has 2 heterocycles. The zero-order valence-electron chi connectivity index (χ0n) is 17.5. The largest absolute Gasteiger partial charge is 0.475 e. The molecule has 0 aliphatic heterocycles. The molecule has 3 aromatic rings. The van der Waals surface area contributed by atoms with Gasteiger partial charge in [0.25, 0.3) is 0 Å². The Bertz CT molecular complexity index is 929. The van der Waals surface area contributed by atoms with Crippen LogP contribution in [0.1, 0.15) is 18.1 Å². The van der Waals surface area contributed by atoms with Crippen LogP contribution in [0.2, 0.25) is 0 Å². The maximum absolute atomic E-state index is 5.69. The lowest BCUT2D eigenvalue weighted by atomic mass is 10.1. The molecular formula is C22H30IN5O2. The molecule has 0 unspecified atom stereocenters. The van der Waals surface area contributed by atoms with Crippen molar-refractivity contribution in [2.75, 3.05) is 33.4 Å². The summed E-state index contributed by atoms with van der Waals surface area (Å²) in [6.45, 7) is 5.12. The first-order valence-electron chi connectivity index (χ1n) is 9.94. The van der Waals surface area contributed by atoms with Crippen molar-refractivity contribution in [1.29, 1.82) is 0 Å². The van der Waals surface area contributed by atoms with E-state index in [9.17, 15) is 0 Å². The van der Waals surface area contributed by atoms with E-state index < -0.39 is 0 Å². The highest BCUT2D eigenvalue weighted by Crippen LogP contribution is 2.18. The molecule has 30 heavy (non-hydrogen) atoms. The normalized spacial score (nSPS) is 11.2. The Kier molecular flexibility index (Phi) is 10.4. The predicted molar refractivity (Wildman–Crippen MR) is 132 cm³/mol. The average molecular weight is 523 g/mol.